The number of carboxylic acids is 1. The number of anilines is 1. The van der Waals surface area contributed by atoms with Gasteiger partial charge >= 0.3 is 5.97 Å². The van der Waals surface area contributed by atoms with Gasteiger partial charge in [0.1, 0.15) is 11.5 Å². The molecule has 88 valence electrons. The van der Waals surface area contributed by atoms with Gasteiger partial charge in [-0.15, -0.1) is 0 Å². The summed E-state index contributed by atoms with van der Waals surface area (Å²) in [5.74, 6) is -2.02. The number of carboxylic acid groups (broad SMARTS) is 1. The Bertz CT molecular complexity index is 513. The maximum absolute atomic E-state index is 13.0. The number of rotatable bonds is 2. The fraction of sp³-hybridized carbons (Fsp3) is 0.182. The molecular formula is C11H9FN2O3. The molecule has 0 aromatic heterocycles. The number of hydrogen-bond donors (Lipinski definition) is 1. The molecule has 1 N–H and O–H groups in total. The molecule has 0 radical (unpaired) electrons. The summed E-state index contributed by atoms with van der Waals surface area (Å²) in [6.45, 7) is 0. The largest absolute Gasteiger partial charge is 0.477 e. The first kappa shape index (κ1) is 11.3. The summed E-state index contributed by atoms with van der Waals surface area (Å²) < 4.78 is 13.0. The highest BCUT2D eigenvalue weighted by Gasteiger charge is 2.25. The van der Waals surface area contributed by atoms with Gasteiger partial charge in [0.25, 0.3) is 0 Å². The highest BCUT2D eigenvalue weighted by molar-refractivity contribution is 6.37. The van der Waals surface area contributed by atoms with Gasteiger partial charge in [0.2, 0.25) is 5.91 Å². The lowest BCUT2D eigenvalue weighted by Gasteiger charge is -2.21. The van der Waals surface area contributed by atoms with Gasteiger partial charge in [0.15, 0.2) is 0 Å². The van der Waals surface area contributed by atoms with E-state index in [4.69, 9.17) is 5.11 Å². The minimum atomic E-state index is -1.17. The molecule has 0 atom stereocenters. The van der Waals surface area contributed by atoms with E-state index in [0.29, 0.717) is 0 Å². The van der Waals surface area contributed by atoms with Crippen LogP contribution in [0, 0.1) is 5.82 Å². The first-order chi connectivity index (χ1) is 8.08. The van der Waals surface area contributed by atoms with Crippen molar-refractivity contribution in [3.8, 4) is 0 Å². The number of benzene rings is 1. The zero-order valence-corrected chi connectivity index (χ0v) is 8.76. The topological polar surface area (TPSA) is 70.0 Å². The third-order valence-corrected chi connectivity index (χ3v) is 2.33. The fourth-order valence-electron chi connectivity index (χ4n) is 1.52. The van der Waals surface area contributed by atoms with E-state index in [1.807, 2.05) is 0 Å². The van der Waals surface area contributed by atoms with Crippen molar-refractivity contribution < 1.29 is 19.1 Å². The van der Waals surface area contributed by atoms with Crippen LogP contribution in [0.4, 0.5) is 10.1 Å². The normalized spacial score (nSPS) is 15.7. The van der Waals surface area contributed by atoms with Crippen LogP contribution in [-0.4, -0.2) is 22.7 Å². The lowest BCUT2D eigenvalue weighted by Crippen LogP contribution is -2.34. The van der Waals surface area contributed by atoms with Gasteiger partial charge in [-0.25, -0.2) is 14.2 Å². The van der Waals surface area contributed by atoms with Crippen LogP contribution in [0.15, 0.2) is 29.4 Å². The first-order valence-corrected chi connectivity index (χ1v) is 4.97. The summed E-state index contributed by atoms with van der Waals surface area (Å²) in [6, 6.07) is 5.30. The molecule has 0 spiro atoms. The zero-order chi connectivity index (χ0) is 12.4. The average molecular weight is 236 g/mol. The molecule has 1 aromatic rings. The van der Waals surface area contributed by atoms with Crippen LogP contribution in [-0.2, 0) is 9.59 Å². The monoisotopic (exact) mass is 236 g/mol. The van der Waals surface area contributed by atoms with Gasteiger partial charge in [-0.05, 0) is 18.2 Å². The predicted octanol–water partition coefficient (Wildman–Crippen LogP) is 1.39. The van der Waals surface area contributed by atoms with E-state index in [0.717, 1.165) is 11.1 Å². The fourth-order valence-corrected chi connectivity index (χ4v) is 1.52. The molecule has 0 saturated heterocycles. The molecule has 0 fully saturated rings. The van der Waals surface area contributed by atoms with Crippen molar-refractivity contribution >= 4 is 23.3 Å². The Hall–Kier alpha value is -2.24. The van der Waals surface area contributed by atoms with Gasteiger partial charge in [-0.3, -0.25) is 4.79 Å². The summed E-state index contributed by atoms with van der Waals surface area (Å²) in [6.07, 6.45) is 0.154. The maximum Gasteiger partial charge on any atom is 0.352 e. The van der Waals surface area contributed by atoms with Crippen LogP contribution in [0.1, 0.15) is 12.8 Å². The van der Waals surface area contributed by atoms with Crippen LogP contribution < -0.4 is 5.01 Å². The van der Waals surface area contributed by atoms with E-state index in [2.05, 4.69) is 5.10 Å². The molecular weight excluding hydrogens is 227 g/mol. The number of hydrazone groups is 1. The number of hydrogen-bond acceptors (Lipinski definition) is 3. The van der Waals surface area contributed by atoms with Crippen molar-refractivity contribution in [2.75, 3.05) is 5.01 Å². The molecule has 1 aliphatic rings. The predicted molar refractivity (Wildman–Crippen MR) is 58.2 cm³/mol. The molecule has 0 bridgehead atoms. The Balaban J connectivity index is 2.39. The van der Waals surface area contributed by atoms with Crippen LogP contribution in [0.3, 0.4) is 0 Å². The quantitative estimate of drug-likeness (QED) is 0.843. The Morgan fingerprint density at radius 2 is 2.18 bits per heavy atom. The Morgan fingerprint density at radius 1 is 1.41 bits per heavy atom. The molecule has 1 aromatic carbocycles. The van der Waals surface area contributed by atoms with Crippen molar-refractivity contribution in [2.45, 2.75) is 12.8 Å². The van der Waals surface area contributed by atoms with E-state index in [9.17, 15) is 14.0 Å². The van der Waals surface area contributed by atoms with Crippen LogP contribution in [0.5, 0.6) is 0 Å². The van der Waals surface area contributed by atoms with Gasteiger partial charge in [0.05, 0.1) is 5.69 Å². The number of carbonyl (C=O) groups excluding carboxylic acids is 1. The van der Waals surface area contributed by atoms with Gasteiger partial charge in [-0.2, -0.15) is 5.10 Å². The van der Waals surface area contributed by atoms with Gasteiger partial charge < -0.3 is 5.11 Å². The van der Waals surface area contributed by atoms with E-state index in [1.165, 1.54) is 18.2 Å². The third kappa shape index (κ3) is 2.30. The molecule has 6 heteroatoms. The second kappa shape index (κ2) is 4.32. The minimum absolute atomic E-state index is 0.0572. The second-order valence-electron chi connectivity index (χ2n) is 3.54. The molecule has 0 saturated carbocycles. The number of aliphatic carboxylic acids is 1. The summed E-state index contributed by atoms with van der Waals surface area (Å²) in [5.41, 5.74) is 0.127. The molecule has 2 rings (SSSR count). The highest BCUT2D eigenvalue weighted by Crippen LogP contribution is 2.20. The number of carbonyl (C=O) groups is 2. The number of amides is 1. The summed E-state index contributed by atoms with van der Waals surface area (Å²) in [5, 5.41) is 13.4. The van der Waals surface area contributed by atoms with Gasteiger partial charge in [-0.1, -0.05) is 6.07 Å². The summed E-state index contributed by atoms with van der Waals surface area (Å²) >= 11 is 0. The maximum atomic E-state index is 13.0. The second-order valence-corrected chi connectivity index (χ2v) is 3.54. The molecule has 17 heavy (non-hydrogen) atoms. The lowest BCUT2D eigenvalue weighted by molar-refractivity contribution is -0.129. The van der Waals surface area contributed by atoms with E-state index < -0.39 is 11.8 Å². The smallest absolute Gasteiger partial charge is 0.352 e. The van der Waals surface area contributed by atoms with Crippen molar-refractivity contribution in [3.63, 3.8) is 0 Å². The van der Waals surface area contributed by atoms with Crippen molar-refractivity contribution in [2.24, 2.45) is 5.10 Å². The molecule has 1 amide bonds. The zero-order valence-electron chi connectivity index (χ0n) is 8.76. The van der Waals surface area contributed by atoms with Crippen molar-refractivity contribution in [3.05, 3.63) is 30.1 Å². The Labute approximate surface area is 96.2 Å². The van der Waals surface area contributed by atoms with Crippen LogP contribution in [0.2, 0.25) is 0 Å². The molecule has 0 unspecified atom stereocenters. The lowest BCUT2D eigenvalue weighted by atomic mass is 10.1. The van der Waals surface area contributed by atoms with E-state index in [1.54, 1.807) is 0 Å². The van der Waals surface area contributed by atoms with Crippen LogP contribution in [0.25, 0.3) is 0 Å². The minimum Gasteiger partial charge on any atom is -0.477 e. The number of halogens is 1. The first-order valence-electron chi connectivity index (χ1n) is 4.97. The standard InChI is InChI=1S/C11H9FN2O3/c12-7-2-1-3-8(6-7)14-10(15)5-4-9(13-14)11(16)17/h1-3,6H,4-5H2,(H,16,17). The summed E-state index contributed by atoms with van der Waals surface area (Å²) in [4.78, 5) is 22.3. The average Bonchev–Trinajstić information content (AvgIpc) is 2.29. The Morgan fingerprint density at radius 3 is 2.82 bits per heavy atom. The Kier molecular flexibility index (Phi) is 2.86. The molecule has 1 aliphatic heterocycles. The third-order valence-electron chi connectivity index (χ3n) is 2.33. The van der Waals surface area contributed by atoms with Crippen LogP contribution >= 0.6 is 0 Å². The van der Waals surface area contributed by atoms with Crippen molar-refractivity contribution in [1.82, 2.24) is 0 Å². The highest BCUT2D eigenvalue weighted by atomic mass is 19.1. The van der Waals surface area contributed by atoms with Crippen molar-refractivity contribution in [1.29, 1.82) is 0 Å². The number of nitrogens with zero attached hydrogens (tertiary/aromatic N) is 2. The van der Waals surface area contributed by atoms with Gasteiger partial charge in [0, 0.05) is 12.8 Å². The molecule has 5 nitrogen and oxygen atoms in total. The van der Waals surface area contributed by atoms with E-state index >= 15 is 0 Å². The molecule has 1 heterocycles. The molecule has 0 aliphatic carbocycles. The summed E-state index contributed by atoms with van der Waals surface area (Å²) in [7, 11) is 0. The van der Waals surface area contributed by atoms with E-state index in [-0.39, 0.29) is 30.1 Å². The SMILES string of the molecule is O=C(O)C1=NN(c2cccc(F)c2)C(=O)CC1.